The van der Waals surface area contributed by atoms with Crippen molar-refractivity contribution in [1.29, 1.82) is 0 Å². The van der Waals surface area contributed by atoms with E-state index in [1.54, 1.807) is 23.2 Å². The van der Waals surface area contributed by atoms with Crippen LogP contribution in [0.3, 0.4) is 0 Å². The van der Waals surface area contributed by atoms with Crippen LogP contribution in [0.25, 0.3) is 0 Å². The lowest BCUT2D eigenvalue weighted by atomic mass is 10.2. The van der Waals surface area contributed by atoms with Crippen LogP contribution in [-0.4, -0.2) is 22.5 Å². The molecule has 3 aromatic rings. The van der Waals surface area contributed by atoms with Crippen LogP contribution in [0.4, 0.5) is 19.3 Å². The molecule has 144 valence electrons. The van der Waals surface area contributed by atoms with E-state index < -0.39 is 17.7 Å². The highest BCUT2D eigenvalue weighted by atomic mass is 35.5. The first kappa shape index (κ1) is 19.8. The van der Waals surface area contributed by atoms with Gasteiger partial charge in [0, 0.05) is 42.5 Å². The Morgan fingerprint density at radius 2 is 1.86 bits per heavy atom. The summed E-state index contributed by atoms with van der Waals surface area (Å²) < 4.78 is 27.0. The Morgan fingerprint density at radius 3 is 2.54 bits per heavy atom. The van der Waals surface area contributed by atoms with Gasteiger partial charge in [0.05, 0.1) is 5.69 Å². The van der Waals surface area contributed by atoms with E-state index >= 15 is 0 Å². The maximum absolute atomic E-state index is 13.9. The number of hydrogen-bond acceptors (Lipinski definition) is 2. The van der Waals surface area contributed by atoms with Crippen LogP contribution in [0.15, 0.2) is 66.9 Å². The summed E-state index contributed by atoms with van der Waals surface area (Å²) in [5.74, 6) is -1.53. The van der Waals surface area contributed by atoms with Gasteiger partial charge in [-0.2, -0.15) is 0 Å². The van der Waals surface area contributed by atoms with Crippen molar-refractivity contribution < 1.29 is 13.6 Å². The SMILES string of the molecule is O=C(Nc1ccc(F)cc1F)N(CCc1ccccn1)Cc1ccc(Cl)cc1. The van der Waals surface area contributed by atoms with Gasteiger partial charge in [-0.25, -0.2) is 13.6 Å². The van der Waals surface area contributed by atoms with Crippen molar-refractivity contribution in [2.75, 3.05) is 11.9 Å². The molecule has 0 spiro atoms. The van der Waals surface area contributed by atoms with E-state index in [2.05, 4.69) is 10.3 Å². The number of carbonyl (C=O) groups excluding carboxylic acids is 1. The molecular weight excluding hydrogens is 384 g/mol. The van der Waals surface area contributed by atoms with E-state index in [-0.39, 0.29) is 5.69 Å². The van der Waals surface area contributed by atoms with E-state index in [1.807, 2.05) is 30.3 Å². The number of benzene rings is 2. The number of hydrogen-bond donors (Lipinski definition) is 1. The van der Waals surface area contributed by atoms with Crippen molar-refractivity contribution in [1.82, 2.24) is 9.88 Å². The molecule has 0 aliphatic heterocycles. The zero-order chi connectivity index (χ0) is 19.9. The number of nitrogens with one attached hydrogen (secondary N) is 1. The van der Waals surface area contributed by atoms with Gasteiger partial charge in [-0.3, -0.25) is 4.98 Å². The summed E-state index contributed by atoms with van der Waals surface area (Å²) in [6.45, 7) is 0.674. The first-order valence-corrected chi connectivity index (χ1v) is 9.04. The topological polar surface area (TPSA) is 45.2 Å². The molecule has 0 unspecified atom stereocenters. The second-order valence-corrected chi connectivity index (χ2v) is 6.61. The normalized spacial score (nSPS) is 10.5. The summed E-state index contributed by atoms with van der Waals surface area (Å²) in [5.41, 5.74) is 1.63. The van der Waals surface area contributed by atoms with Crippen molar-refractivity contribution in [3.63, 3.8) is 0 Å². The third kappa shape index (κ3) is 5.50. The number of rotatable bonds is 6. The molecule has 1 heterocycles. The largest absolute Gasteiger partial charge is 0.322 e. The predicted molar refractivity (Wildman–Crippen MR) is 105 cm³/mol. The molecule has 1 aromatic heterocycles. The molecule has 2 amide bonds. The van der Waals surface area contributed by atoms with E-state index in [1.165, 1.54) is 6.07 Å². The van der Waals surface area contributed by atoms with Crippen LogP contribution < -0.4 is 5.32 Å². The van der Waals surface area contributed by atoms with Crippen molar-refractivity contribution in [3.8, 4) is 0 Å². The molecule has 3 rings (SSSR count). The number of anilines is 1. The van der Waals surface area contributed by atoms with Crippen LogP contribution in [-0.2, 0) is 13.0 Å². The van der Waals surface area contributed by atoms with Crippen LogP contribution in [0.1, 0.15) is 11.3 Å². The Labute approximate surface area is 166 Å². The van der Waals surface area contributed by atoms with Gasteiger partial charge in [-0.1, -0.05) is 29.8 Å². The number of aromatic nitrogens is 1. The molecule has 0 atom stereocenters. The second kappa shape index (κ2) is 9.28. The van der Waals surface area contributed by atoms with Crippen molar-refractivity contribution >= 4 is 23.3 Å². The number of halogens is 3. The third-order valence-electron chi connectivity index (χ3n) is 4.11. The summed E-state index contributed by atoms with van der Waals surface area (Å²) >= 11 is 5.92. The zero-order valence-electron chi connectivity index (χ0n) is 14.9. The fourth-order valence-corrected chi connectivity index (χ4v) is 2.77. The van der Waals surface area contributed by atoms with Gasteiger partial charge in [-0.05, 0) is 42.0 Å². The third-order valence-corrected chi connectivity index (χ3v) is 4.36. The van der Waals surface area contributed by atoms with Gasteiger partial charge in [-0.15, -0.1) is 0 Å². The summed E-state index contributed by atoms with van der Waals surface area (Å²) in [6, 6.07) is 15.2. The summed E-state index contributed by atoms with van der Waals surface area (Å²) in [6.07, 6.45) is 2.22. The number of amides is 2. The highest BCUT2D eigenvalue weighted by molar-refractivity contribution is 6.30. The molecule has 0 fully saturated rings. The van der Waals surface area contributed by atoms with Crippen molar-refractivity contribution in [2.24, 2.45) is 0 Å². The number of nitrogens with zero attached hydrogens (tertiary/aromatic N) is 2. The Hall–Kier alpha value is -2.99. The molecule has 4 nitrogen and oxygen atoms in total. The standard InChI is InChI=1S/C21H18ClF2N3O/c22-16-6-4-15(5-7-16)14-27(12-10-18-3-1-2-11-25-18)21(28)26-20-9-8-17(23)13-19(20)24/h1-9,11,13H,10,12,14H2,(H,26,28). The smallest absolute Gasteiger partial charge is 0.320 e. The number of urea groups is 1. The summed E-state index contributed by atoms with van der Waals surface area (Å²) in [5, 5.41) is 3.10. The van der Waals surface area contributed by atoms with Crippen LogP contribution in [0.5, 0.6) is 0 Å². The van der Waals surface area contributed by atoms with E-state index in [0.29, 0.717) is 24.5 Å². The lowest BCUT2D eigenvalue weighted by Crippen LogP contribution is -2.36. The molecule has 0 bridgehead atoms. The highest BCUT2D eigenvalue weighted by Crippen LogP contribution is 2.17. The summed E-state index contributed by atoms with van der Waals surface area (Å²) in [7, 11) is 0. The van der Waals surface area contributed by atoms with Crippen LogP contribution in [0.2, 0.25) is 5.02 Å². The maximum Gasteiger partial charge on any atom is 0.322 e. The van der Waals surface area contributed by atoms with Crippen LogP contribution in [0, 0.1) is 11.6 Å². The van der Waals surface area contributed by atoms with E-state index in [9.17, 15) is 13.6 Å². The van der Waals surface area contributed by atoms with Crippen molar-refractivity contribution in [3.05, 3.63) is 94.8 Å². The monoisotopic (exact) mass is 401 g/mol. The Bertz CT molecular complexity index is 936. The average molecular weight is 402 g/mol. The van der Waals surface area contributed by atoms with Gasteiger partial charge >= 0.3 is 6.03 Å². The maximum atomic E-state index is 13.9. The van der Waals surface area contributed by atoms with Gasteiger partial charge < -0.3 is 10.2 Å². The Morgan fingerprint density at radius 1 is 1.07 bits per heavy atom. The molecule has 28 heavy (non-hydrogen) atoms. The van der Waals surface area contributed by atoms with Gasteiger partial charge in [0.1, 0.15) is 11.6 Å². The van der Waals surface area contributed by atoms with Gasteiger partial charge in [0.15, 0.2) is 0 Å². The Balaban J connectivity index is 1.75. The first-order valence-electron chi connectivity index (χ1n) is 8.66. The molecule has 0 radical (unpaired) electrons. The van der Waals surface area contributed by atoms with E-state index in [4.69, 9.17) is 11.6 Å². The minimum absolute atomic E-state index is 0.0784. The number of pyridine rings is 1. The number of carbonyl (C=O) groups is 1. The lowest BCUT2D eigenvalue weighted by Gasteiger charge is -2.23. The minimum Gasteiger partial charge on any atom is -0.320 e. The van der Waals surface area contributed by atoms with Crippen molar-refractivity contribution in [2.45, 2.75) is 13.0 Å². The highest BCUT2D eigenvalue weighted by Gasteiger charge is 2.16. The molecule has 0 saturated heterocycles. The fourth-order valence-electron chi connectivity index (χ4n) is 2.64. The van der Waals surface area contributed by atoms with Gasteiger partial charge in [0.25, 0.3) is 0 Å². The lowest BCUT2D eigenvalue weighted by molar-refractivity contribution is 0.209. The van der Waals surface area contributed by atoms with E-state index in [0.717, 1.165) is 23.4 Å². The second-order valence-electron chi connectivity index (χ2n) is 6.17. The van der Waals surface area contributed by atoms with Crippen LogP contribution >= 0.6 is 11.6 Å². The molecule has 0 aliphatic carbocycles. The molecule has 1 N–H and O–H groups in total. The molecule has 7 heteroatoms. The summed E-state index contributed by atoms with van der Waals surface area (Å²) in [4.78, 5) is 18.6. The minimum atomic E-state index is -0.829. The fraction of sp³-hybridized carbons (Fsp3) is 0.143. The Kier molecular flexibility index (Phi) is 6.55. The quantitative estimate of drug-likeness (QED) is 0.610. The first-order chi connectivity index (χ1) is 13.5. The predicted octanol–water partition coefficient (Wildman–Crippen LogP) is 5.29. The average Bonchev–Trinajstić information content (AvgIpc) is 2.69. The molecule has 0 saturated carbocycles. The zero-order valence-corrected chi connectivity index (χ0v) is 15.7. The molecule has 0 aliphatic rings. The molecular formula is C21H18ClF2N3O. The van der Waals surface area contributed by atoms with Gasteiger partial charge in [0.2, 0.25) is 0 Å². The molecule has 2 aromatic carbocycles.